The van der Waals surface area contributed by atoms with Crippen molar-refractivity contribution < 1.29 is 4.79 Å². The van der Waals surface area contributed by atoms with Gasteiger partial charge < -0.3 is 11.1 Å². The van der Waals surface area contributed by atoms with E-state index in [4.69, 9.17) is 5.73 Å². The van der Waals surface area contributed by atoms with Gasteiger partial charge >= 0.3 is 0 Å². The highest BCUT2D eigenvalue weighted by molar-refractivity contribution is 7.99. The van der Waals surface area contributed by atoms with Gasteiger partial charge in [-0.1, -0.05) is 17.7 Å². The Balaban J connectivity index is 2.16. The molecule has 1 amide bonds. The first-order chi connectivity index (χ1) is 8.08. The SMILES string of the molecule is Cc1ccc(SCCNC(=O)CC(C)N)cc1. The fraction of sp³-hybridized carbons (Fsp3) is 0.462. The lowest BCUT2D eigenvalue weighted by Crippen LogP contribution is -2.31. The molecule has 94 valence electrons. The molecule has 1 aromatic rings. The van der Waals surface area contributed by atoms with Crippen molar-refractivity contribution in [3.8, 4) is 0 Å². The number of nitrogens with one attached hydrogen (secondary N) is 1. The number of carbonyl (C=O) groups excluding carboxylic acids is 1. The monoisotopic (exact) mass is 252 g/mol. The molecule has 0 saturated heterocycles. The van der Waals surface area contributed by atoms with E-state index >= 15 is 0 Å². The Morgan fingerprint density at radius 2 is 2.06 bits per heavy atom. The summed E-state index contributed by atoms with van der Waals surface area (Å²) in [5.41, 5.74) is 6.80. The van der Waals surface area contributed by atoms with Crippen LogP contribution in [0.2, 0.25) is 0 Å². The maximum Gasteiger partial charge on any atom is 0.221 e. The highest BCUT2D eigenvalue weighted by Crippen LogP contribution is 2.17. The predicted molar refractivity (Wildman–Crippen MR) is 73.2 cm³/mol. The van der Waals surface area contributed by atoms with Crippen LogP contribution in [0, 0.1) is 6.92 Å². The average molecular weight is 252 g/mol. The molecule has 1 unspecified atom stereocenters. The summed E-state index contributed by atoms with van der Waals surface area (Å²) < 4.78 is 0. The van der Waals surface area contributed by atoms with E-state index in [-0.39, 0.29) is 11.9 Å². The minimum absolute atomic E-state index is 0.0320. The number of nitrogens with two attached hydrogens (primary N) is 1. The lowest BCUT2D eigenvalue weighted by Gasteiger charge is -2.07. The van der Waals surface area contributed by atoms with Crippen LogP contribution in [0.3, 0.4) is 0 Å². The van der Waals surface area contributed by atoms with Gasteiger partial charge in [0, 0.05) is 29.7 Å². The lowest BCUT2D eigenvalue weighted by molar-refractivity contribution is -0.121. The highest BCUT2D eigenvalue weighted by Gasteiger charge is 2.03. The Bertz CT molecular complexity index is 349. The normalized spacial score (nSPS) is 12.2. The smallest absolute Gasteiger partial charge is 0.221 e. The van der Waals surface area contributed by atoms with Gasteiger partial charge in [-0.15, -0.1) is 11.8 Å². The maximum atomic E-state index is 11.3. The fourth-order valence-electron chi connectivity index (χ4n) is 1.36. The molecule has 0 saturated carbocycles. The number of rotatable bonds is 6. The highest BCUT2D eigenvalue weighted by atomic mass is 32.2. The summed E-state index contributed by atoms with van der Waals surface area (Å²) in [7, 11) is 0. The van der Waals surface area contributed by atoms with Crippen molar-refractivity contribution in [2.24, 2.45) is 5.73 Å². The second kappa shape index (κ2) is 7.35. The molecule has 0 aromatic heterocycles. The minimum atomic E-state index is -0.0697. The molecule has 1 atom stereocenters. The molecular formula is C13H20N2OS. The lowest BCUT2D eigenvalue weighted by atomic mass is 10.2. The third-order valence-electron chi connectivity index (χ3n) is 2.22. The number of hydrogen-bond acceptors (Lipinski definition) is 3. The van der Waals surface area contributed by atoms with Gasteiger partial charge in [-0.2, -0.15) is 0 Å². The van der Waals surface area contributed by atoms with Crippen LogP contribution in [0.5, 0.6) is 0 Å². The van der Waals surface area contributed by atoms with Gasteiger partial charge in [0.2, 0.25) is 5.91 Å². The zero-order valence-electron chi connectivity index (χ0n) is 10.4. The number of benzene rings is 1. The summed E-state index contributed by atoms with van der Waals surface area (Å²) in [6, 6.07) is 8.32. The zero-order chi connectivity index (χ0) is 12.7. The van der Waals surface area contributed by atoms with Gasteiger partial charge in [-0.3, -0.25) is 4.79 Å². The van der Waals surface area contributed by atoms with Gasteiger partial charge in [0.15, 0.2) is 0 Å². The molecule has 0 aliphatic heterocycles. The molecular weight excluding hydrogens is 232 g/mol. The Kier molecular flexibility index (Phi) is 6.08. The molecule has 1 aromatic carbocycles. The number of thioether (sulfide) groups is 1. The number of carbonyl (C=O) groups is 1. The van der Waals surface area contributed by atoms with Crippen LogP contribution in [0.4, 0.5) is 0 Å². The Hall–Kier alpha value is -1.00. The van der Waals surface area contributed by atoms with E-state index in [0.717, 1.165) is 5.75 Å². The van der Waals surface area contributed by atoms with Crippen molar-refractivity contribution in [3.05, 3.63) is 29.8 Å². The summed E-state index contributed by atoms with van der Waals surface area (Å²) in [6.07, 6.45) is 0.398. The molecule has 0 aliphatic rings. The van der Waals surface area contributed by atoms with Crippen molar-refractivity contribution in [2.75, 3.05) is 12.3 Å². The zero-order valence-corrected chi connectivity index (χ0v) is 11.2. The van der Waals surface area contributed by atoms with E-state index in [1.165, 1.54) is 10.5 Å². The van der Waals surface area contributed by atoms with Gasteiger partial charge in [-0.05, 0) is 26.0 Å². The molecule has 17 heavy (non-hydrogen) atoms. The summed E-state index contributed by atoms with van der Waals surface area (Å²) >= 11 is 1.74. The first kappa shape index (κ1) is 14.1. The molecule has 0 spiro atoms. The van der Waals surface area contributed by atoms with E-state index in [0.29, 0.717) is 13.0 Å². The molecule has 1 rings (SSSR count). The van der Waals surface area contributed by atoms with E-state index in [2.05, 4.69) is 36.5 Å². The first-order valence-electron chi connectivity index (χ1n) is 5.79. The first-order valence-corrected chi connectivity index (χ1v) is 6.78. The van der Waals surface area contributed by atoms with Crippen LogP contribution >= 0.6 is 11.8 Å². The average Bonchev–Trinajstić information content (AvgIpc) is 2.26. The van der Waals surface area contributed by atoms with Crippen molar-refractivity contribution in [2.45, 2.75) is 31.2 Å². The van der Waals surface area contributed by atoms with Gasteiger partial charge in [-0.25, -0.2) is 0 Å². The van der Waals surface area contributed by atoms with Crippen LogP contribution in [0.25, 0.3) is 0 Å². The number of amides is 1. The van der Waals surface area contributed by atoms with Crippen molar-refractivity contribution in [1.29, 1.82) is 0 Å². The topological polar surface area (TPSA) is 55.1 Å². The van der Waals surface area contributed by atoms with E-state index < -0.39 is 0 Å². The quantitative estimate of drug-likeness (QED) is 0.601. The number of hydrogen-bond donors (Lipinski definition) is 2. The Morgan fingerprint density at radius 1 is 1.41 bits per heavy atom. The van der Waals surface area contributed by atoms with E-state index in [9.17, 15) is 4.79 Å². The molecule has 0 fully saturated rings. The van der Waals surface area contributed by atoms with Crippen LogP contribution in [-0.2, 0) is 4.79 Å². The van der Waals surface area contributed by atoms with Crippen molar-refractivity contribution in [3.63, 3.8) is 0 Å². The summed E-state index contributed by atoms with van der Waals surface area (Å²) in [5, 5.41) is 2.86. The summed E-state index contributed by atoms with van der Waals surface area (Å²) in [4.78, 5) is 12.5. The fourth-order valence-corrected chi connectivity index (χ4v) is 2.13. The molecule has 3 N–H and O–H groups in total. The standard InChI is InChI=1S/C13H20N2OS/c1-10-3-5-12(6-4-10)17-8-7-15-13(16)9-11(2)14/h3-6,11H,7-9,14H2,1-2H3,(H,15,16). The van der Waals surface area contributed by atoms with Gasteiger partial charge in [0.25, 0.3) is 0 Å². The second-order valence-electron chi connectivity index (χ2n) is 4.19. The third kappa shape index (κ3) is 6.34. The van der Waals surface area contributed by atoms with Crippen LogP contribution in [0.1, 0.15) is 18.9 Å². The van der Waals surface area contributed by atoms with Crippen molar-refractivity contribution in [1.82, 2.24) is 5.32 Å². The Morgan fingerprint density at radius 3 is 2.65 bits per heavy atom. The van der Waals surface area contributed by atoms with Crippen LogP contribution in [-0.4, -0.2) is 24.2 Å². The van der Waals surface area contributed by atoms with E-state index in [1.54, 1.807) is 11.8 Å². The molecule has 0 bridgehead atoms. The molecule has 0 aliphatic carbocycles. The number of aryl methyl sites for hydroxylation is 1. The second-order valence-corrected chi connectivity index (χ2v) is 5.36. The van der Waals surface area contributed by atoms with Crippen molar-refractivity contribution >= 4 is 17.7 Å². The van der Waals surface area contributed by atoms with Crippen LogP contribution in [0.15, 0.2) is 29.2 Å². The molecule has 3 nitrogen and oxygen atoms in total. The molecule has 4 heteroatoms. The van der Waals surface area contributed by atoms with Gasteiger partial charge in [0.1, 0.15) is 0 Å². The third-order valence-corrected chi connectivity index (χ3v) is 3.24. The maximum absolute atomic E-state index is 11.3. The Labute approximate surface area is 107 Å². The largest absolute Gasteiger partial charge is 0.355 e. The predicted octanol–water partition coefficient (Wildman–Crippen LogP) is 1.94. The van der Waals surface area contributed by atoms with E-state index in [1.807, 2.05) is 6.92 Å². The molecule has 0 radical (unpaired) electrons. The summed E-state index contributed by atoms with van der Waals surface area (Å²) in [5.74, 6) is 0.915. The summed E-state index contributed by atoms with van der Waals surface area (Å²) in [6.45, 7) is 4.59. The minimum Gasteiger partial charge on any atom is -0.355 e. The van der Waals surface area contributed by atoms with Gasteiger partial charge in [0.05, 0.1) is 0 Å². The van der Waals surface area contributed by atoms with Crippen LogP contribution < -0.4 is 11.1 Å². The molecule has 0 heterocycles.